The van der Waals surface area contributed by atoms with Gasteiger partial charge in [-0.15, -0.1) is 0 Å². The van der Waals surface area contributed by atoms with Crippen LogP contribution < -0.4 is 16.0 Å². The molecule has 1 atom stereocenters. The largest absolute Gasteiger partial charge is 0.416 e. The fourth-order valence-electron chi connectivity index (χ4n) is 3.33. The zero-order valence-electron chi connectivity index (χ0n) is 16.0. The molecule has 0 saturated carbocycles. The van der Waals surface area contributed by atoms with E-state index in [2.05, 4.69) is 15.3 Å². The number of nitrogens with two attached hydrogens (primary N) is 1. The molecule has 30 heavy (non-hydrogen) atoms. The zero-order valence-corrected chi connectivity index (χ0v) is 16.0. The molecule has 2 aromatic rings. The minimum Gasteiger partial charge on any atom is -0.378 e. The van der Waals surface area contributed by atoms with Crippen molar-refractivity contribution in [2.45, 2.75) is 12.5 Å². The Morgan fingerprint density at radius 2 is 1.77 bits per heavy atom. The predicted octanol–water partition coefficient (Wildman–Crippen LogP) is 2.92. The normalized spacial score (nSPS) is 19.9. The Hall–Kier alpha value is -3.27. The minimum atomic E-state index is -4.47. The van der Waals surface area contributed by atoms with Crippen molar-refractivity contribution in [1.82, 2.24) is 4.90 Å². The topological polar surface area (TPSA) is 78.5 Å². The van der Waals surface area contributed by atoms with Crippen molar-refractivity contribution in [1.29, 1.82) is 0 Å². The van der Waals surface area contributed by atoms with Crippen LogP contribution in [0.3, 0.4) is 0 Å². The number of alkyl halides is 3. The average molecular weight is 418 g/mol. The third-order valence-corrected chi connectivity index (χ3v) is 4.74. The standard InChI is InChI=1S/C20H21F3N6O/c21-20(22,23)14-5-4-8-16(13-14)29-18(25-15-6-2-1-3-7-15)26-17(24)27-19(29)28-9-11-30-12-10-28/h1-8,13,18,25H,9-12H2,(H2,24,26). The number of benzene rings is 2. The first-order valence-electron chi connectivity index (χ1n) is 9.44. The van der Waals surface area contributed by atoms with Crippen molar-refractivity contribution in [2.75, 3.05) is 36.5 Å². The van der Waals surface area contributed by atoms with Crippen LogP contribution in [0.5, 0.6) is 0 Å². The lowest BCUT2D eigenvalue weighted by atomic mass is 10.1. The predicted molar refractivity (Wildman–Crippen MR) is 109 cm³/mol. The maximum absolute atomic E-state index is 13.4. The van der Waals surface area contributed by atoms with Crippen LogP contribution in [0.25, 0.3) is 0 Å². The molecule has 7 nitrogen and oxygen atoms in total. The number of halogens is 3. The molecule has 1 unspecified atom stereocenters. The van der Waals surface area contributed by atoms with E-state index < -0.39 is 18.0 Å². The molecular weight excluding hydrogens is 397 g/mol. The summed E-state index contributed by atoms with van der Waals surface area (Å²) in [6.45, 7) is 2.06. The summed E-state index contributed by atoms with van der Waals surface area (Å²) in [5.74, 6) is 0.478. The first kappa shape index (κ1) is 20.0. The van der Waals surface area contributed by atoms with E-state index in [0.29, 0.717) is 38.0 Å². The van der Waals surface area contributed by atoms with Crippen molar-refractivity contribution in [3.63, 3.8) is 0 Å². The molecule has 0 aromatic heterocycles. The van der Waals surface area contributed by atoms with E-state index >= 15 is 0 Å². The molecule has 0 aliphatic carbocycles. The second-order valence-electron chi connectivity index (χ2n) is 6.80. The highest BCUT2D eigenvalue weighted by atomic mass is 19.4. The van der Waals surface area contributed by atoms with Gasteiger partial charge in [-0.2, -0.15) is 18.2 Å². The lowest BCUT2D eigenvalue weighted by molar-refractivity contribution is -0.137. The van der Waals surface area contributed by atoms with Gasteiger partial charge in [0.1, 0.15) is 0 Å². The summed E-state index contributed by atoms with van der Waals surface area (Å²) < 4.78 is 45.5. The zero-order chi connectivity index (χ0) is 21.1. The third kappa shape index (κ3) is 4.33. The van der Waals surface area contributed by atoms with Crippen molar-refractivity contribution in [3.8, 4) is 0 Å². The van der Waals surface area contributed by atoms with Crippen LogP contribution in [0.2, 0.25) is 0 Å². The Labute approximate surface area is 171 Å². The number of hydrogen-bond acceptors (Lipinski definition) is 7. The van der Waals surface area contributed by atoms with Crippen molar-refractivity contribution in [2.24, 2.45) is 15.7 Å². The molecule has 0 bridgehead atoms. The molecule has 0 spiro atoms. The highest BCUT2D eigenvalue weighted by Gasteiger charge is 2.35. The van der Waals surface area contributed by atoms with E-state index in [-0.39, 0.29) is 5.96 Å². The van der Waals surface area contributed by atoms with Crippen molar-refractivity contribution in [3.05, 3.63) is 60.2 Å². The Bertz CT molecular complexity index is 941. The van der Waals surface area contributed by atoms with Gasteiger partial charge in [0.25, 0.3) is 0 Å². The quantitative estimate of drug-likeness (QED) is 0.802. The van der Waals surface area contributed by atoms with Crippen LogP contribution in [0, 0.1) is 0 Å². The van der Waals surface area contributed by atoms with Gasteiger partial charge in [-0.05, 0) is 30.3 Å². The maximum Gasteiger partial charge on any atom is 0.416 e. The van der Waals surface area contributed by atoms with Crippen molar-refractivity contribution < 1.29 is 17.9 Å². The number of nitrogens with one attached hydrogen (secondary N) is 1. The summed E-state index contributed by atoms with van der Waals surface area (Å²) in [6, 6.07) is 14.4. The molecule has 2 heterocycles. The number of morpholine rings is 1. The van der Waals surface area contributed by atoms with E-state index in [1.165, 1.54) is 6.07 Å². The monoisotopic (exact) mass is 418 g/mol. The van der Waals surface area contributed by atoms with Gasteiger partial charge in [0.05, 0.1) is 18.8 Å². The van der Waals surface area contributed by atoms with Crippen LogP contribution in [0.15, 0.2) is 64.6 Å². The smallest absolute Gasteiger partial charge is 0.378 e. The summed E-state index contributed by atoms with van der Waals surface area (Å²) in [6.07, 6.45) is -5.24. The number of nitrogens with zero attached hydrogens (tertiary/aromatic N) is 4. The molecule has 2 aliphatic rings. The molecule has 1 fully saturated rings. The van der Waals surface area contributed by atoms with Crippen LogP contribution >= 0.6 is 0 Å². The van der Waals surface area contributed by atoms with Gasteiger partial charge in [0.2, 0.25) is 18.2 Å². The van der Waals surface area contributed by atoms with E-state index in [1.807, 2.05) is 35.2 Å². The van der Waals surface area contributed by atoms with E-state index in [9.17, 15) is 13.2 Å². The van der Waals surface area contributed by atoms with E-state index in [1.54, 1.807) is 11.0 Å². The summed E-state index contributed by atoms with van der Waals surface area (Å²) in [5.41, 5.74) is 6.28. The second kappa shape index (κ2) is 8.23. The molecule has 1 saturated heterocycles. The Morgan fingerprint density at radius 3 is 2.47 bits per heavy atom. The van der Waals surface area contributed by atoms with E-state index in [4.69, 9.17) is 10.5 Å². The fourth-order valence-corrected chi connectivity index (χ4v) is 3.33. The highest BCUT2D eigenvalue weighted by molar-refractivity contribution is 6.06. The molecule has 10 heteroatoms. The Morgan fingerprint density at radius 1 is 1.03 bits per heavy atom. The summed E-state index contributed by atoms with van der Waals surface area (Å²) >= 11 is 0. The summed E-state index contributed by atoms with van der Waals surface area (Å²) in [4.78, 5) is 12.3. The van der Waals surface area contributed by atoms with Gasteiger partial charge < -0.3 is 20.7 Å². The SMILES string of the molecule is NC1=NC(Nc2ccccc2)N(c2cccc(C(F)(F)F)c2)C(N2CCOCC2)=N1. The van der Waals surface area contributed by atoms with Gasteiger partial charge >= 0.3 is 6.18 Å². The lowest BCUT2D eigenvalue weighted by Gasteiger charge is -2.41. The lowest BCUT2D eigenvalue weighted by Crippen LogP contribution is -2.57. The maximum atomic E-state index is 13.4. The molecular formula is C20H21F3N6O. The number of para-hydroxylation sites is 1. The van der Waals surface area contributed by atoms with Crippen LogP contribution in [-0.4, -0.2) is 49.4 Å². The Kier molecular flexibility index (Phi) is 5.49. The molecule has 0 radical (unpaired) electrons. The van der Waals surface area contributed by atoms with Gasteiger partial charge in [0.15, 0.2) is 0 Å². The van der Waals surface area contributed by atoms with Gasteiger partial charge in [-0.1, -0.05) is 24.3 Å². The van der Waals surface area contributed by atoms with Crippen LogP contribution in [-0.2, 0) is 10.9 Å². The first-order valence-corrected chi connectivity index (χ1v) is 9.44. The number of aliphatic imine (C=N–C) groups is 2. The summed E-state index contributed by atoms with van der Waals surface area (Å²) in [5, 5.41) is 3.23. The third-order valence-electron chi connectivity index (χ3n) is 4.74. The molecule has 4 rings (SSSR count). The number of hydrogen-bond donors (Lipinski definition) is 2. The van der Waals surface area contributed by atoms with Gasteiger partial charge in [-0.25, -0.2) is 4.99 Å². The number of rotatable bonds is 3. The van der Waals surface area contributed by atoms with Gasteiger partial charge in [0, 0.05) is 24.5 Å². The highest BCUT2D eigenvalue weighted by Crippen LogP contribution is 2.33. The number of ether oxygens (including phenoxy) is 1. The second-order valence-corrected chi connectivity index (χ2v) is 6.80. The molecule has 2 aliphatic heterocycles. The number of guanidine groups is 2. The molecule has 3 N–H and O–H groups in total. The average Bonchev–Trinajstić information content (AvgIpc) is 2.74. The Balaban J connectivity index is 1.76. The first-order chi connectivity index (χ1) is 14.4. The van der Waals surface area contributed by atoms with Crippen LogP contribution in [0.4, 0.5) is 24.5 Å². The van der Waals surface area contributed by atoms with Crippen LogP contribution in [0.1, 0.15) is 5.56 Å². The minimum absolute atomic E-state index is 0.0492. The van der Waals surface area contributed by atoms with E-state index in [0.717, 1.165) is 17.8 Å². The fraction of sp³-hybridized carbons (Fsp3) is 0.300. The van der Waals surface area contributed by atoms with Gasteiger partial charge in [-0.3, -0.25) is 4.90 Å². The van der Waals surface area contributed by atoms with Crippen molar-refractivity contribution >= 4 is 23.3 Å². The summed E-state index contributed by atoms with van der Waals surface area (Å²) in [7, 11) is 0. The molecule has 158 valence electrons. The number of anilines is 2. The molecule has 0 amide bonds. The molecule has 2 aromatic carbocycles.